The van der Waals surface area contributed by atoms with E-state index in [-0.39, 0.29) is 0 Å². The van der Waals surface area contributed by atoms with Crippen molar-refractivity contribution in [3.8, 4) is 0 Å². The summed E-state index contributed by atoms with van der Waals surface area (Å²) >= 11 is 0. The first kappa shape index (κ1) is 23.3. The number of hydrogen-bond donors (Lipinski definition) is 2. The molecule has 3 aliphatic heterocycles. The minimum absolute atomic E-state index is 0.726. The van der Waals surface area contributed by atoms with E-state index in [2.05, 4.69) is 74.1 Å². The van der Waals surface area contributed by atoms with Gasteiger partial charge in [-0.1, -0.05) is 0 Å². The highest BCUT2D eigenvalue weighted by Gasteiger charge is 2.48. The molecule has 3 fully saturated rings. The Morgan fingerprint density at radius 2 is 1.06 bits per heavy atom. The van der Waals surface area contributed by atoms with Crippen LogP contribution in [0.3, 0.4) is 0 Å². The number of rotatable bonds is 4. The zero-order valence-electron chi connectivity index (χ0n) is 21.6. The Labute approximate surface area is 205 Å². The van der Waals surface area contributed by atoms with Gasteiger partial charge in [-0.25, -0.2) is 0 Å². The fourth-order valence-corrected chi connectivity index (χ4v) is 6.55. The summed E-state index contributed by atoms with van der Waals surface area (Å²) in [6, 6.07) is 14.5. The smallest absolute Gasteiger partial charge is 0.129 e. The molecule has 0 saturated carbocycles. The van der Waals surface area contributed by atoms with E-state index in [4.69, 9.17) is 11.5 Å². The van der Waals surface area contributed by atoms with Crippen molar-refractivity contribution in [1.82, 2.24) is 0 Å². The normalized spacial score (nSPS) is 31.9. The lowest BCUT2D eigenvalue weighted by Gasteiger charge is -2.51. The van der Waals surface area contributed by atoms with E-state index in [0.29, 0.717) is 0 Å². The number of benzene rings is 2. The predicted octanol–water partition coefficient (Wildman–Crippen LogP) is 3.23. The number of anilines is 4. The van der Waals surface area contributed by atoms with Crippen molar-refractivity contribution in [3.05, 3.63) is 47.5 Å². The zero-order chi connectivity index (χ0) is 24.1. The zero-order valence-corrected chi connectivity index (χ0v) is 21.6. The number of nitrogen functional groups attached to an aromatic ring is 2. The molecule has 5 rings (SSSR count). The number of piperazine rings is 1. The van der Waals surface area contributed by atoms with Crippen LogP contribution in [0, 0.1) is 13.8 Å². The molecule has 4 N–H and O–H groups in total. The van der Waals surface area contributed by atoms with Gasteiger partial charge in [-0.3, -0.25) is 0 Å². The fourth-order valence-electron chi connectivity index (χ4n) is 6.55. The van der Waals surface area contributed by atoms with Gasteiger partial charge in [0.05, 0.1) is 27.2 Å². The average Bonchev–Trinajstić information content (AvgIpc) is 3.51. The lowest BCUT2D eigenvalue weighted by Crippen LogP contribution is -2.69. The summed E-state index contributed by atoms with van der Waals surface area (Å²) in [5, 5.41) is 0. The van der Waals surface area contributed by atoms with Gasteiger partial charge in [-0.2, -0.15) is 0 Å². The molecule has 3 aliphatic rings. The highest BCUT2D eigenvalue weighted by atomic mass is 15.5. The third-order valence-electron chi connectivity index (χ3n) is 9.57. The highest BCUT2D eigenvalue weighted by Crippen LogP contribution is 2.33. The SMILES string of the molecule is Cc1cc(N2CCC([N+]3(C)CC[N+](C)(C4CCN(c5ccc(N)c(C)c5)C4)CC3)C2)ccc1N. The van der Waals surface area contributed by atoms with E-state index in [1.165, 1.54) is 70.5 Å². The molecular formula is C28H44N6+2. The predicted molar refractivity (Wildman–Crippen MR) is 144 cm³/mol. The molecule has 184 valence electrons. The van der Waals surface area contributed by atoms with Gasteiger partial charge in [0, 0.05) is 48.7 Å². The minimum Gasteiger partial charge on any atom is -0.399 e. The number of nitrogens with zero attached hydrogens (tertiary/aromatic N) is 4. The van der Waals surface area contributed by atoms with Gasteiger partial charge in [0.15, 0.2) is 0 Å². The molecule has 2 aromatic carbocycles. The van der Waals surface area contributed by atoms with Gasteiger partial charge in [0.2, 0.25) is 0 Å². The van der Waals surface area contributed by atoms with E-state index in [0.717, 1.165) is 49.6 Å². The largest absolute Gasteiger partial charge is 0.399 e. The minimum atomic E-state index is 0.726. The quantitative estimate of drug-likeness (QED) is 0.539. The summed E-state index contributed by atoms with van der Waals surface area (Å²) in [4.78, 5) is 5.15. The van der Waals surface area contributed by atoms with Crippen LogP contribution in [0.4, 0.5) is 22.7 Å². The molecule has 0 aliphatic carbocycles. The Balaban J connectivity index is 1.20. The second-order valence-electron chi connectivity index (χ2n) is 11.7. The highest BCUT2D eigenvalue weighted by molar-refractivity contribution is 5.59. The van der Waals surface area contributed by atoms with Crippen LogP contribution in [-0.4, -0.2) is 87.5 Å². The Morgan fingerprint density at radius 3 is 1.41 bits per heavy atom. The number of nitrogens with two attached hydrogens (primary N) is 2. The van der Waals surface area contributed by atoms with Crippen LogP contribution in [0.15, 0.2) is 36.4 Å². The van der Waals surface area contributed by atoms with E-state index in [1.54, 1.807) is 0 Å². The third kappa shape index (κ3) is 4.22. The van der Waals surface area contributed by atoms with E-state index < -0.39 is 0 Å². The maximum Gasteiger partial charge on any atom is 0.129 e. The first-order valence-electron chi connectivity index (χ1n) is 13.1. The summed E-state index contributed by atoms with van der Waals surface area (Å²) in [5.74, 6) is 0. The Bertz CT molecular complexity index is 958. The van der Waals surface area contributed by atoms with Crippen molar-refractivity contribution < 1.29 is 8.97 Å². The van der Waals surface area contributed by atoms with Crippen LogP contribution in [0.2, 0.25) is 0 Å². The van der Waals surface area contributed by atoms with Crippen LogP contribution < -0.4 is 21.3 Å². The summed E-state index contributed by atoms with van der Waals surface area (Å²) < 4.78 is 2.46. The maximum atomic E-state index is 6.05. The van der Waals surface area contributed by atoms with Crippen molar-refractivity contribution in [1.29, 1.82) is 0 Å². The van der Waals surface area contributed by atoms with Crippen LogP contribution in [0.5, 0.6) is 0 Å². The van der Waals surface area contributed by atoms with Crippen LogP contribution >= 0.6 is 0 Å². The molecule has 6 heteroatoms. The average molecular weight is 465 g/mol. The maximum absolute atomic E-state index is 6.05. The molecule has 3 heterocycles. The van der Waals surface area contributed by atoms with Gasteiger partial charge in [0.1, 0.15) is 38.3 Å². The first-order valence-corrected chi connectivity index (χ1v) is 13.1. The van der Waals surface area contributed by atoms with Crippen molar-refractivity contribution in [2.45, 2.75) is 38.8 Å². The number of likely N-dealkylation sites (N-methyl/N-ethyl adjacent to an activating group) is 2. The monoisotopic (exact) mass is 464 g/mol. The summed E-state index contributed by atoms with van der Waals surface area (Å²) in [6.45, 7) is 14.0. The van der Waals surface area contributed by atoms with Gasteiger partial charge in [0.25, 0.3) is 0 Å². The molecule has 0 amide bonds. The molecule has 0 bridgehead atoms. The second-order valence-corrected chi connectivity index (χ2v) is 11.7. The number of hydrogen-bond acceptors (Lipinski definition) is 4. The molecule has 0 aromatic heterocycles. The van der Waals surface area contributed by atoms with Crippen molar-refractivity contribution in [2.24, 2.45) is 0 Å². The van der Waals surface area contributed by atoms with Crippen LogP contribution in [-0.2, 0) is 0 Å². The summed E-state index contributed by atoms with van der Waals surface area (Å²) in [5.41, 5.74) is 18.9. The van der Waals surface area contributed by atoms with E-state index in [1.807, 2.05) is 0 Å². The standard InChI is InChI=1S/C28H44N6/c1-21-17-23(5-7-27(21)29)31-11-9-25(19-31)33(3)13-15-34(4,16-14-33)26-10-12-32(20-26)24-6-8-28(30)22(2)18-24/h5-8,17-18,25-26H,9-16,19-20,29-30H2,1-4H3/q+2. The fraction of sp³-hybridized carbons (Fsp3) is 0.571. The Kier molecular flexibility index (Phi) is 5.93. The van der Waals surface area contributed by atoms with Gasteiger partial charge in [-0.15, -0.1) is 0 Å². The molecular weight excluding hydrogens is 420 g/mol. The first-order chi connectivity index (χ1) is 16.2. The molecule has 6 nitrogen and oxygen atoms in total. The Morgan fingerprint density at radius 1 is 0.676 bits per heavy atom. The molecule has 0 radical (unpaired) electrons. The Hall–Kier alpha value is -2.44. The van der Waals surface area contributed by atoms with Crippen LogP contribution in [0.1, 0.15) is 24.0 Å². The molecule has 2 atom stereocenters. The van der Waals surface area contributed by atoms with Gasteiger partial charge >= 0.3 is 0 Å². The molecule has 0 spiro atoms. The van der Waals surface area contributed by atoms with Crippen molar-refractivity contribution >= 4 is 22.7 Å². The van der Waals surface area contributed by atoms with Crippen LogP contribution in [0.25, 0.3) is 0 Å². The van der Waals surface area contributed by atoms with Gasteiger partial charge < -0.3 is 30.2 Å². The summed E-state index contributed by atoms with van der Waals surface area (Å²) in [7, 11) is 5.04. The van der Waals surface area contributed by atoms with Crippen molar-refractivity contribution in [2.75, 3.05) is 87.7 Å². The lowest BCUT2D eigenvalue weighted by molar-refractivity contribution is -1.03. The topological polar surface area (TPSA) is 58.5 Å². The van der Waals surface area contributed by atoms with Gasteiger partial charge in [-0.05, 0) is 61.4 Å². The number of aryl methyl sites for hydroxylation is 2. The molecule has 34 heavy (non-hydrogen) atoms. The van der Waals surface area contributed by atoms with E-state index in [9.17, 15) is 0 Å². The second kappa shape index (κ2) is 8.65. The molecule has 2 unspecified atom stereocenters. The van der Waals surface area contributed by atoms with Crippen molar-refractivity contribution in [3.63, 3.8) is 0 Å². The molecule has 3 saturated heterocycles. The number of quaternary nitrogens is 2. The lowest BCUT2D eigenvalue weighted by atomic mass is 10.1. The summed E-state index contributed by atoms with van der Waals surface area (Å²) in [6.07, 6.45) is 2.58. The third-order valence-corrected chi connectivity index (χ3v) is 9.57. The molecule has 2 aromatic rings. The van der Waals surface area contributed by atoms with E-state index >= 15 is 0 Å².